The first-order valence-corrected chi connectivity index (χ1v) is 6.93. The van der Waals surface area contributed by atoms with Gasteiger partial charge >= 0.3 is 0 Å². The number of rotatable bonds is 6. The predicted molar refractivity (Wildman–Crippen MR) is 72.3 cm³/mol. The monoisotopic (exact) mass is 243 g/mol. The second-order valence-corrected chi connectivity index (χ2v) is 5.38. The van der Waals surface area contributed by atoms with Gasteiger partial charge in [0, 0.05) is 0 Å². The smallest absolute Gasteiger partial charge is 0.115 e. The fourth-order valence-electron chi connectivity index (χ4n) is 2.81. The van der Waals surface area contributed by atoms with Gasteiger partial charge in [0.15, 0.2) is 0 Å². The van der Waals surface area contributed by atoms with Gasteiger partial charge in [-0.25, -0.2) is 0 Å². The average Bonchev–Trinajstić information content (AvgIpc) is 3.10. The van der Waals surface area contributed by atoms with Crippen molar-refractivity contribution in [2.24, 2.45) is 5.92 Å². The molecule has 2 rings (SSSR count). The molecule has 1 aromatic carbocycles. The Kier molecular flexibility index (Phi) is 3.91. The Labute approximate surface area is 109 Å². The summed E-state index contributed by atoms with van der Waals surface area (Å²) in [5, 5.41) is 18.7. The molecule has 0 heterocycles. The van der Waals surface area contributed by atoms with Crippen molar-refractivity contribution in [3.8, 4) is 11.8 Å². The van der Waals surface area contributed by atoms with Gasteiger partial charge in [-0.15, -0.1) is 0 Å². The molecule has 0 saturated heterocycles. The van der Waals surface area contributed by atoms with Gasteiger partial charge < -0.3 is 5.11 Å². The molecule has 0 radical (unpaired) electrons. The van der Waals surface area contributed by atoms with E-state index in [1.54, 1.807) is 12.1 Å². The number of hydrogen-bond donors (Lipinski definition) is 1. The van der Waals surface area contributed by atoms with E-state index >= 15 is 0 Å². The molecule has 0 aliphatic heterocycles. The molecule has 0 amide bonds. The number of nitrogens with zero attached hydrogens (tertiary/aromatic N) is 1. The van der Waals surface area contributed by atoms with E-state index in [4.69, 9.17) is 0 Å². The highest BCUT2D eigenvalue weighted by atomic mass is 16.3. The number of phenols is 1. The molecular weight excluding hydrogens is 222 g/mol. The number of phenolic OH excluding ortho intramolecular Hbond substituents is 1. The molecule has 1 saturated carbocycles. The van der Waals surface area contributed by atoms with Crippen LogP contribution in [0.15, 0.2) is 24.3 Å². The van der Waals surface area contributed by atoms with E-state index in [-0.39, 0.29) is 11.2 Å². The Morgan fingerprint density at radius 1 is 1.28 bits per heavy atom. The van der Waals surface area contributed by atoms with Crippen molar-refractivity contribution >= 4 is 0 Å². The van der Waals surface area contributed by atoms with E-state index in [0.717, 1.165) is 18.4 Å². The first-order valence-electron chi connectivity index (χ1n) is 6.93. The Morgan fingerprint density at radius 2 is 2.00 bits per heavy atom. The van der Waals surface area contributed by atoms with Gasteiger partial charge in [-0.3, -0.25) is 0 Å². The fourth-order valence-corrected chi connectivity index (χ4v) is 2.81. The van der Waals surface area contributed by atoms with Gasteiger partial charge in [0.1, 0.15) is 5.75 Å². The summed E-state index contributed by atoms with van der Waals surface area (Å²) in [5.41, 5.74) is 0.809. The van der Waals surface area contributed by atoms with Crippen LogP contribution in [0.25, 0.3) is 0 Å². The number of unbranched alkanes of at least 4 members (excludes halogenated alkanes) is 3. The third-order valence-electron chi connectivity index (χ3n) is 4.09. The third kappa shape index (κ3) is 2.51. The summed E-state index contributed by atoms with van der Waals surface area (Å²) in [6.07, 6.45) is 7.22. The molecule has 18 heavy (non-hydrogen) atoms. The Hall–Kier alpha value is -1.49. The van der Waals surface area contributed by atoms with Crippen LogP contribution >= 0.6 is 0 Å². The van der Waals surface area contributed by atoms with Crippen LogP contribution in [0.1, 0.15) is 51.0 Å². The van der Waals surface area contributed by atoms with Crippen molar-refractivity contribution in [2.75, 3.05) is 0 Å². The quantitative estimate of drug-likeness (QED) is 0.763. The Balaban J connectivity index is 1.94. The molecule has 1 N–H and O–H groups in total. The topological polar surface area (TPSA) is 44.0 Å². The molecule has 1 aromatic rings. The minimum atomic E-state index is -0.264. The van der Waals surface area contributed by atoms with E-state index in [2.05, 4.69) is 13.0 Å². The van der Waals surface area contributed by atoms with Crippen LogP contribution in [-0.4, -0.2) is 5.11 Å². The summed E-state index contributed by atoms with van der Waals surface area (Å²) in [6.45, 7) is 2.22. The van der Waals surface area contributed by atoms with E-state index < -0.39 is 0 Å². The molecule has 0 aromatic heterocycles. The van der Waals surface area contributed by atoms with Gasteiger partial charge in [0.2, 0.25) is 0 Å². The Morgan fingerprint density at radius 3 is 2.61 bits per heavy atom. The molecule has 2 heteroatoms. The molecule has 0 spiro atoms. The number of benzene rings is 1. The first kappa shape index (κ1) is 13.0. The van der Waals surface area contributed by atoms with Crippen molar-refractivity contribution in [2.45, 2.75) is 50.9 Å². The van der Waals surface area contributed by atoms with Gasteiger partial charge in [-0.1, -0.05) is 44.7 Å². The fraction of sp³-hybridized carbons (Fsp3) is 0.562. The zero-order valence-electron chi connectivity index (χ0n) is 11.0. The lowest BCUT2D eigenvalue weighted by Gasteiger charge is -2.09. The largest absolute Gasteiger partial charge is 0.508 e. The normalized spacial score (nSPS) is 25.7. The van der Waals surface area contributed by atoms with Crippen molar-refractivity contribution in [3.05, 3.63) is 29.8 Å². The highest BCUT2D eigenvalue weighted by Crippen LogP contribution is 2.56. The molecule has 96 valence electrons. The van der Waals surface area contributed by atoms with Crippen molar-refractivity contribution in [3.63, 3.8) is 0 Å². The van der Waals surface area contributed by atoms with E-state index in [9.17, 15) is 10.4 Å². The summed E-state index contributed by atoms with van der Waals surface area (Å²) in [5.74, 6) is 0.788. The van der Waals surface area contributed by atoms with Crippen LogP contribution in [0.4, 0.5) is 0 Å². The summed E-state index contributed by atoms with van der Waals surface area (Å²) in [7, 11) is 0. The lowest BCUT2D eigenvalue weighted by Crippen LogP contribution is -2.06. The molecule has 1 aliphatic rings. The zero-order chi connectivity index (χ0) is 13.0. The molecule has 2 nitrogen and oxygen atoms in total. The third-order valence-corrected chi connectivity index (χ3v) is 4.09. The molecule has 0 unspecified atom stereocenters. The Bertz CT molecular complexity index is 431. The summed E-state index contributed by atoms with van der Waals surface area (Å²) < 4.78 is 0. The number of hydrogen-bond acceptors (Lipinski definition) is 2. The summed E-state index contributed by atoms with van der Waals surface area (Å²) in [6, 6.07) is 9.65. The first-order chi connectivity index (χ1) is 8.73. The van der Waals surface area contributed by atoms with E-state index in [0.29, 0.717) is 5.92 Å². The van der Waals surface area contributed by atoms with Crippen LogP contribution in [-0.2, 0) is 5.41 Å². The van der Waals surface area contributed by atoms with Gasteiger partial charge in [0.05, 0.1) is 11.5 Å². The minimum absolute atomic E-state index is 0.264. The standard InChI is InChI=1S/C16H21NO/c1-2-3-4-5-6-14-11-16(14,12-17)13-7-9-15(18)10-8-13/h7-10,14,18H,2-6,11H2,1H3/t14-,16-/m0/s1. The van der Waals surface area contributed by atoms with Gasteiger partial charge in [-0.05, 0) is 36.5 Å². The van der Waals surface area contributed by atoms with Gasteiger partial charge in [-0.2, -0.15) is 5.26 Å². The molecule has 0 bridgehead atoms. The number of nitriles is 1. The average molecular weight is 243 g/mol. The van der Waals surface area contributed by atoms with Crippen molar-refractivity contribution in [1.82, 2.24) is 0 Å². The molecule has 2 atom stereocenters. The second-order valence-electron chi connectivity index (χ2n) is 5.38. The molecule has 1 fully saturated rings. The second kappa shape index (κ2) is 5.44. The van der Waals surface area contributed by atoms with E-state index in [1.165, 1.54) is 25.7 Å². The van der Waals surface area contributed by atoms with Gasteiger partial charge in [0.25, 0.3) is 0 Å². The van der Waals surface area contributed by atoms with Crippen molar-refractivity contribution in [1.29, 1.82) is 5.26 Å². The SMILES string of the molecule is CCCCCC[C@H]1C[C@]1(C#N)c1ccc(O)cc1. The van der Waals surface area contributed by atoms with Crippen LogP contribution in [0, 0.1) is 17.2 Å². The molecule has 1 aliphatic carbocycles. The maximum Gasteiger partial charge on any atom is 0.115 e. The van der Waals surface area contributed by atoms with Crippen LogP contribution in [0.2, 0.25) is 0 Å². The lowest BCUT2D eigenvalue weighted by molar-refractivity contribution is 0.475. The van der Waals surface area contributed by atoms with E-state index in [1.807, 2.05) is 12.1 Å². The minimum Gasteiger partial charge on any atom is -0.508 e. The van der Waals surface area contributed by atoms with Crippen LogP contribution in [0.3, 0.4) is 0 Å². The van der Waals surface area contributed by atoms with Crippen LogP contribution in [0.5, 0.6) is 5.75 Å². The molecular formula is C16H21NO. The maximum atomic E-state index is 9.44. The highest BCUT2D eigenvalue weighted by Gasteiger charge is 2.55. The number of aromatic hydroxyl groups is 1. The summed E-state index contributed by atoms with van der Waals surface area (Å²) >= 11 is 0. The highest BCUT2D eigenvalue weighted by molar-refractivity contribution is 5.43. The van der Waals surface area contributed by atoms with Crippen LogP contribution < -0.4 is 0 Å². The zero-order valence-corrected chi connectivity index (χ0v) is 11.0. The lowest BCUT2D eigenvalue weighted by atomic mass is 9.93. The predicted octanol–water partition coefficient (Wildman–Crippen LogP) is 4.14. The van der Waals surface area contributed by atoms with Crippen molar-refractivity contribution < 1.29 is 5.11 Å². The maximum absolute atomic E-state index is 9.44. The summed E-state index contributed by atoms with van der Waals surface area (Å²) in [4.78, 5) is 0.